The molecule has 0 unspecified atom stereocenters. The molecule has 1 nitrogen and oxygen atoms in total. The Labute approximate surface area is 92.1 Å². The maximum absolute atomic E-state index is 10.7. The third-order valence-corrected chi connectivity index (χ3v) is 3.78. The molecular formula is C14H20O. The van der Waals surface area contributed by atoms with Gasteiger partial charge in [-0.3, -0.25) is 0 Å². The lowest BCUT2D eigenvalue weighted by Crippen LogP contribution is -2.36. The summed E-state index contributed by atoms with van der Waals surface area (Å²) in [6, 6.07) is 8.32. The summed E-state index contributed by atoms with van der Waals surface area (Å²) in [7, 11) is 0. The van der Waals surface area contributed by atoms with Gasteiger partial charge in [0, 0.05) is 0 Å². The molecule has 0 saturated heterocycles. The van der Waals surface area contributed by atoms with Crippen LogP contribution in [0, 0.1) is 12.8 Å². The van der Waals surface area contributed by atoms with Gasteiger partial charge in [-0.15, -0.1) is 0 Å². The number of aryl methyl sites for hydroxylation is 1. The summed E-state index contributed by atoms with van der Waals surface area (Å²) in [5.74, 6) is 0.382. The highest BCUT2D eigenvalue weighted by Gasteiger charge is 2.37. The van der Waals surface area contributed by atoms with Gasteiger partial charge in [0.25, 0.3) is 0 Å². The van der Waals surface area contributed by atoms with Gasteiger partial charge in [-0.2, -0.15) is 0 Å². The molecule has 0 aliphatic heterocycles. The monoisotopic (exact) mass is 204 g/mol. The molecule has 1 aromatic rings. The zero-order chi connectivity index (χ0) is 10.9. The molecule has 1 heteroatoms. The van der Waals surface area contributed by atoms with E-state index in [4.69, 9.17) is 0 Å². The Morgan fingerprint density at radius 3 is 2.80 bits per heavy atom. The van der Waals surface area contributed by atoms with Gasteiger partial charge in [0.15, 0.2) is 0 Å². The van der Waals surface area contributed by atoms with Crippen molar-refractivity contribution in [1.29, 1.82) is 0 Å². The van der Waals surface area contributed by atoms with Crippen LogP contribution in [0.4, 0.5) is 0 Å². The molecule has 0 radical (unpaired) electrons. The molecule has 1 aromatic carbocycles. The standard InChI is InChI=1S/C14H20O/c1-11-6-5-8-13(10-11)14(15)9-4-3-7-12(14)2/h5-6,8,10,12,15H,3-4,7,9H2,1-2H3/t12-,14+/m0/s1. The Morgan fingerprint density at radius 1 is 1.33 bits per heavy atom. The molecule has 2 rings (SSSR count). The van der Waals surface area contributed by atoms with E-state index in [-0.39, 0.29) is 0 Å². The molecule has 1 aliphatic rings. The molecule has 1 aliphatic carbocycles. The summed E-state index contributed by atoms with van der Waals surface area (Å²) < 4.78 is 0. The van der Waals surface area contributed by atoms with E-state index < -0.39 is 5.60 Å². The van der Waals surface area contributed by atoms with E-state index in [1.54, 1.807) is 0 Å². The van der Waals surface area contributed by atoms with Crippen LogP contribution >= 0.6 is 0 Å². The highest BCUT2D eigenvalue weighted by Crippen LogP contribution is 2.41. The lowest BCUT2D eigenvalue weighted by molar-refractivity contribution is -0.0470. The first-order valence-electron chi connectivity index (χ1n) is 5.92. The van der Waals surface area contributed by atoms with Crippen molar-refractivity contribution in [2.75, 3.05) is 0 Å². The average molecular weight is 204 g/mol. The molecular weight excluding hydrogens is 184 g/mol. The minimum absolute atomic E-state index is 0.382. The Bertz CT molecular complexity index is 345. The number of rotatable bonds is 1. The van der Waals surface area contributed by atoms with Crippen LogP contribution in [0.25, 0.3) is 0 Å². The van der Waals surface area contributed by atoms with Crippen molar-refractivity contribution in [3.8, 4) is 0 Å². The molecule has 1 N–H and O–H groups in total. The molecule has 0 aromatic heterocycles. The quantitative estimate of drug-likeness (QED) is 0.743. The van der Waals surface area contributed by atoms with Crippen LogP contribution < -0.4 is 0 Å². The zero-order valence-corrected chi connectivity index (χ0v) is 9.66. The molecule has 0 bridgehead atoms. The van der Waals surface area contributed by atoms with Crippen molar-refractivity contribution < 1.29 is 5.11 Å². The van der Waals surface area contributed by atoms with Gasteiger partial charge in [-0.1, -0.05) is 49.6 Å². The topological polar surface area (TPSA) is 20.2 Å². The minimum atomic E-state index is -0.579. The first-order valence-corrected chi connectivity index (χ1v) is 5.92. The summed E-state index contributed by atoms with van der Waals surface area (Å²) in [4.78, 5) is 0. The van der Waals surface area contributed by atoms with E-state index in [1.807, 2.05) is 6.07 Å². The lowest BCUT2D eigenvalue weighted by atomic mass is 9.72. The fraction of sp³-hybridized carbons (Fsp3) is 0.571. The number of benzene rings is 1. The van der Waals surface area contributed by atoms with Crippen LogP contribution in [0.2, 0.25) is 0 Å². The van der Waals surface area contributed by atoms with Gasteiger partial charge in [0.1, 0.15) is 0 Å². The lowest BCUT2D eigenvalue weighted by Gasteiger charge is -2.38. The van der Waals surface area contributed by atoms with E-state index in [9.17, 15) is 5.11 Å². The van der Waals surface area contributed by atoms with Gasteiger partial charge in [0.05, 0.1) is 5.60 Å². The highest BCUT2D eigenvalue weighted by atomic mass is 16.3. The molecule has 2 atom stereocenters. The van der Waals surface area contributed by atoms with E-state index >= 15 is 0 Å². The SMILES string of the molecule is Cc1cccc([C@@]2(O)CCCC[C@@H]2C)c1. The van der Waals surface area contributed by atoms with E-state index in [2.05, 4.69) is 32.0 Å². The predicted molar refractivity (Wildman–Crippen MR) is 62.7 cm³/mol. The van der Waals surface area contributed by atoms with Gasteiger partial charge in [-0.25, -0.2) is 0 Å². The molecule has 1 saturated carbocycles. The summed E-state index contributed by atoms with van der Waals surface area (Å²) in [6.07, 6.45) is 4.46. The van der Waals surface area contributed by atoms with Crippen LogP contribution in [0.1, 0.15) is 43.7 Å². The molecule has 1 fully saturated rings. The van der Waals surface area contributed by atoms with Crippen molar-refractivity contribution in [3.63, 3.8) is 0 Å². The Morgan fingerprint density at radius 2 is 2.13 bits per heavy atom. The number of aliphatic hydroxyl groups is 1. The zero-order valence-electron chi connectivity index (χ0n) is 9.66. The third-order valence-electron chi connectivity index (χ3n) is 3.78. The highest BCUT2D eigenvalue weighted by molar-refractivity contribution is 5.28. The molecule has 82 valence electrons. The summed E-state index contributed by atoms with van der Waals surface area (Å²) >= 11 is 0. The fourth-order valence-electron chi connectivity index (χ4n) is 2.67. The van der Waals surface area contributed by atoms with Crippen LogP contribution in [-0.4, -0.2) is 5.11 Å². The van der Waals surface area contributed by atoms with Crippen molar-refractivity contribution in [3.05, 3.63) is 35.4 Å². The minimum Gasteiger partial charge on any atom is -0.385 e. The van der Waals surface area contributed by atoms with E-state index in [1.165, 1.54) is 12.0 Å². The number of hydrogen-bond acceptors (Lipinski definition) is 1. The van der Waals surface area contributed by atoms with Gasteiger partial charge < -0.3 is 5.11 Å². The van der Waals surface area contributed by atoms with Gasteiger partial charge in [0.2, 0.25) is 0 Å². The van der Waals surface area contributed by atoms with Crippen LogP contribution in [0.5, 0.6) is 0 Å². The van der Waals surface area contributed by atoms with Crippen molar-refractivity contribution >= 4 is 0 Å². The van der Waals surface area contributed by atoms with Crippen molar-refractivity contribution in [1.82, 2.24) is 0 Å². The second-order valence-corrected chi connectivity index (χ2v) is 4.94. The Kier molecular flexibility index (Phi) is 2.83. The van der Waals surface area contributed by atoms with Crippen LogP contribution in [-0.2, 0) is 5.60 Å². The van der Waals surface area contributed by atoms with Crippen molar-refractivity contribution in [2.24, 2.45) is 5.92 Å². The van der Waals surface area contributed by atoms with Crippen LogP contribution in [0.3, 0.4) is 0 Å². The third kappa shape index (κ3) is 1.93. The van der Waals surface area contributed by atoms with Crippen LogP contribution in [0.15, 0.2) is 24.3 Å². The largest absolute Gasteiger partial charge is 0.385 e. The second-order valence-electron chi connectivity index (χ2n) is 4.94. The predicted octanol–water partition coefficient (Wildman–Crippen LogP) is 3.39. The average Bonchev–Trinajstić information content (AvgIpc) is 2.23. The van der Waals surface area contributed by atoms with Gasteiger partial charge in [-0.05, 0) is 31.2 Å². The van der Waals surface area contributed by atoms with E-state index in [0.29, 0.717) is 5.92 Å². The summed E-state index contributed by atoms with van der Waals surface area (Å²) in [5, 5.41) is 10.7. The number of hydrogen-bond donors (Lipinski definition) is 1. The smallest absolute Gasteiger partial charge is 0.0922 e. The maximum Gasteiger partial charge on any atom is 0.0922 e. The maximum atomic E-state index is 10.7. The van der Waals surface area contributed by atoms with Gasteiger partial charge >= 0.3 is 0 Å². The molecule has 0 amide bonds. The fourth-order valence-corrected chi connectivity index (χ4v) is 2.67. The summed E-state index contributed by atoms with van der Waals surface area (Å²) in [6.45, 7) is 4.25. The van der Waals surface area contributed by atoms with E-state index in [0.717, 1.165) is 24.8 Å². The second kappa shape index (κ2) is 3.97. The van der Waals surface area contributed by atoms with Crippen molar-refractivity contribution in [2.45, 2.75) is 45.1 Å². The first-order chi connectivity index (χ1) is 7.13. The first kappa shape index (κ1) is 10.7. The Balaban J connectivity index is 2.34. The molecule has 15 heavy (non-hydrogen) atoms. The molecule has 0 spiro atoms. The Hall–Kier alpha value is -0.820. The normalized spacial score (nSPS) is 31.5. The molecule has 0 heterocycles. The summed E-state index contributed by atoms with van der Waals surface area (Å²) in [5.41, 5.74) is 1.76.